The molecule has 0 saturated carbocycles. The van der Waals surface area contributed by atoms with Gasteiger partial charge in [0.2, 0.25) is 0 Å². The monoisotopic (exact) mass is 386 g/mol. The molecule has 0 radical (unpaired) electrons. The Hall–Kier alpha value is -0.707. The van der Waals surface area contributed by atoms with E-state index < -0.39 is 50.2 Å². The number of aliphatic hydroxyl groups is 2. The molecule has 3 N–H and O–H groups in total. The van der Waals surface area contributed by atoms with Crippen molar-refractivity contribution < 1.29 is 53.3 Å². The molecule has 1 saturated heterocycles. The van der Waals surface area contributed by atoms with Gasteiger partial charge < -0.3 is 33.8 Å². The van der Waals surface area contributed by atoms with Gasteiger partial charge >= 0.3 is 25.2 Å². The molecule has 1 aromatic heterocycles. The van der Waals surface area contributed by atoms with Gasteiger partial charge in [-0.25, -0.2) is 4.79 Å². The van der Waals surface area contributed by atoms with Crippen molar-refractivity contribution in [2.45, 2.75) is 24.5 Å². The van der Waals surface area contributed by atoms with Crippen LogP contribution in [0.15, 0.2) is 21.9 Å². The molecule has 1 fully saturated rings. The van der Waals surface area contributed by atoms with Crippen LogP contribution in [0.4, 0.5) is 0 Å². The second-order valence-electron chi connectivity index (χ2n) is 4.31. The fraction of sp³-hybridized carbons (Fsp3) is 0.556. The van der Waals surface area contributed by atoms with Crippen molar-refractivity contribution in [3.63, 3.8) is 0 Å². The summed E-state index contributed by atoms with van der Waals surface area (Å²) in [7, 11) is -5.26. The van der Waals surface area contributed by atoms with Gasteiger partial charge in [-0.1, -0.05) is 0 Å². The van der Waals surface area contributed by atoms with E-state index in [4.69, 9.17) is 4.74 Å². The van der Waals surface area contributed by atoms with Crippen molar-refractivity contribution in [3.05, 3.63) is 33.1 Å². The van der Waals surface area contributed by atoms with E-state index in [0.29, 0.717) is 0 Å². The number of rotatable bonds is 4. The summed E-state index contributed by atoms with van der Waals surface area (Å²) in [6, 6.07) is 0.997. The number of aromatic amines is 1. The van der Waals surface area contributed by atoms with Gasteiger partial charge in [0.25, 0.3) is 5.56 Å². The number of H-pyrrole nitrogens is 1. The minimum absolute atomic E-state index is 0. The summed E-state index contributed by atoms with van der Waals surface area (Å²) in [4.78, 5) is 45.2. The Balaban J connectivity index is 0.00000242. The van der Waals surface area contributed by atoms with E-state index in [1.165, 1.54) is 0 Å². The summed E-state index contributed by atoms with van der Waals surface area (Å²) in [6.45, 7) is -0.808. The van der Waals surface area contributed by atoms with Crippen LogP contribution >= 0.6 is 7.82 Å². The predicted octanol–water partition coefficient (Wildman–Crippen LogP) is -4.00. The van der Waals surface area contributed by atoms with Gasteiger partial charge in [0.1, 0.15) is 18.3 Å². The molecule has 0 unspecified atom stereocenters. The van der Waals surface area contributed by atoms with Crippen molar-refractivity contribution in [1.29, 1.82) is 0 Å². The zero-order chi connectivity index (χ0) is 15.8. The molecule has 0 amide bonds. The van der Waals surface area contributed by atoms with Gasteiger partial charge in [-0.05, 0) is 0 Å². The van der Waals surface area contributed by atoms with Gasteiger partial charge in [-0.15, -0.1) is 0 Å². The molecule has 1 aliphatic heterocycles. The number of hydrogen-bond donors (Lipinski definition) is 3. The van der Waals surface area contributed by atoms with E-state index in [0.717, 1.165) is 16.8 Å². The number of nitrogens with zero attached hydrogens (tertiary/aromatic N) is 1. The summed E-state index contributed by atoms with van der Waals surface area (Å²) < 4.78 is 20.3. The molecule has 1 aromatic rings. The van der Waals surface area contributed by atoms with Gasteiger partial charge in [0.15, 0.2) is 6.23 Å². The van der Waals surface area contributed by atoms with Gasteiger partial charge in [0.05, 0.1) is 14.4 Å². The standard InChI is InChI=1S/C9H13N2O9P.Zn/c12-5-1-2-11(9(15)10-5)8-7(14)6(13)4(20-8)3-19-21(16,17)18;/h1-2,4,6-8,13-14H,3H2,(H,10,12,15)(H2,16,17,18);/q;+2/p-2/t4-,6-,7-,8-;/m1./s1. The van der Waals surface area contributed by atoms with Crippen LogP contribution in [0.1, 0.15) is 6.23 Å². The minimum Gasteiger partial charge on any atom is -0.790 e. The van der Waals surface area contributed by atoms with Crippen molar-refractivity contribution in [2.24, 2.45) is 0 Å². The Morgan fingerprint density at radius 1 is 1.36 bits per heavy atom. The summed E-state index contributed by atoms with van der Waals surface area (Å²) in [5, 5.41) is 19.5. The molecule has 22 heavy (non-hydrogen) atoms. The molecule has 2 heterocycles. The zero-order valence-corrected chi connectivity index (χ0v) is 14.9. The molecular weight excluding hydrogens is 376 g/mol. The maximum Gasteiger partial charge on any atom is 2.00 e. The zero-order valence-electron chi connectivity index (χ0n) is 11.0. The van der Waals surface area contributed by atoms with Crippen LogP contribution in [0.25, 0.3) is 0 Å². The molecular formula is C9H11N2O9PZn. The average Bonchev–Trinajstić information content (AvgIpc) is 2.64. The van der Waals surface area contributed by atoms with Crippen molar-refractivity contribution in [1.82, 2.24) is 9.55 Å². The second kappa shape index (κ2) is 7.24. The Morgan fingerprint density at radius 2 is 2.00 bits per heavy atom. The van der Waals surface area contributed by atoms with Gasteiger partial charge in [0, 0.05) is 12.3 Å². The van der Waals surface area contributed by atoms with Crippen LogP contribution < -0.4 is 21.0 Å². The van der Waals surface area contributed by atoms with Crippen LogP contribution in [0.3, 0.4) is 0 Å². The molecule has 13 heteroatoms. The van der Waals surface area contributed by atoms with Crippen molar-refractivity contribution in [3.8, 4) is 0 Å². The molecule has 4 atom stereocenters. The number of nitrogens with one attached hydrogen (secondary N) is 1. The summed E-state index contributed by atoms with van der Waals surface area (Å²) in [6.07, 6.45) is -4.83. The molecule has 0 aromatic carbocycles. The molecule has 2 rings (SSSR count). The average molecular weight is 388 g/mol. The maximum atomic E-state index is 11.6. The third-order valence-electron chi connectivity index (χ3n) is 2.86. The van der Waals surface area contributed by atoms with E-state index in [1.54, 1.807) is 0 Å². The molecule has 0 bridgehead atoms. The maximum absolute atomic E-state index is 11.6. The minimum atomic E-state index is -5.26. The van der Waals surface area contributed by atoms with Crippen molar-refractivity contribution >= 4 is 7.82 Å². The molecule has 0 spiro atoms. The SMILES string of the molecule is O=c1ccn([C@@H]2O[C@H](COP(=O)([O-])[O-])[C@@H](O)[C@H]2O)c(=O)[nH]1.[Zn+2]. The molecule has 0 aliphatic carbocycles. The molecule has 11 nitrogen and oxygen atoms in total. The van der Waals surface area contributed by atoms with Crippen molar-refractivity contribution in [2.75, 3.05) is 6.61 Å². The Bertz CT molecular complexity index is 670. The fourth-order valence-electron chi connectivity index (χ4n) is 1.89. The van der Waals surface area contributed by atoms with Crippen LogP contribution in [0, 0.1) is 0 Å². The predicted molar refractivity (Wildman–Crippen MR) is 60.8 cm³/mol. The number of aliphatic hydroxyl groups excluding tert-OH is 2. The van der Waals surface area contributed by atoms with E-state index in [-0.39, 0.29) is 19.5 Å². The number of phosphoric ester groups is 1. The van der Waals surface area contributed by atoms with Gasteiger partial charge in [-0.3, -0.25) is 14.3 Å². The number of hydrogen-bond acceptors (Lipinski definition) is 9. The molecule has 1 aliphatic rings. The smallest absolute Gasteiger partial charge is 0.790 e. The van der Waals surface area contributed by atoms with Gasteiger partial charge in [-0.2, -0.15) is 0 Å². The summed E-state index contributed by atoms with van der Waals surface area (Å²) in [5.74, 6) is 0. The first kappa shape index (κ1) is 19.3. The largest absolute Gasteiger partial charge is 2.00 e. The first-order valence-electron chi connectivity index (χ1n) is 5.69. The third kappa shape index (κ3) is 4.40. The summed E-state index contributed by atoms with van der Waals surface area (Å²) in [5.41, 5.74) is -1.55. The second-order valence-corrected chi connectivity index (χ2v) is 5.46. The fourth-order valence-corrected chi connectivity index (χ4v) is 2.22. The Labute approximate surface area is 135 Å². The molecule has 118 valence electrons. The first-order chi connectivity index (χ1) is 9.69. The number of phosphoric acid groups is 1. The number of aromatic nitrogens is 2. The number of ether oxygens (including phenoxy) is 1. The van der Waals surface area contributed by atoms with Crippen LogP contribution in [0.5, 0.6) is 0 Å². The first-order valence-corrected chi connectivity index (χ1v) is 7.15. The van der Waals surface area contributed by atoms with E-state index >= 15 is 0 Å². The van der Waals surface area contributed by atoms with Crippen LogP contribution in [0.2, 0.25) is 0 Å². The normalized spacial score (nSPS) is 28.4. The Morgan fingerprint density at radius 3 is 2.55 bits per heavy atom. The van der Waals surface area contributed by atoms with E-state index in [1.807, 2.05) is 4.98 Å². The quantitative estimate of drug-likeness (QED) is 0.343. The Kier molecular flexibility index (Phi) is 6.37. The van der Waals surface area contributed by atoms with Crippen LogP contribution in [-0.4, -0.2) is 44.7 Å². The van der Waals surface area contributed by atoms with Crippen LogP contribution in [-0.2, 0) is 33.3 Å². The van der Waals surface area contributed by atoms with E-state index in [9.17, 15) is 34.2 Å². The summed E-state index contributed by atoms with van der Waals surface area (Å²) >= 11 is 0. The topological polar surface area (TPSA) is 177 Å². The van der Waals surface area contributed by atoms with E-state index in [2.05, 4.69) is 4.52 Å². The third-order valence-corrected chi connectivity index (χ3v) is 3.32.